The van der Waals surface area contributed by atoms with Crippen molar-refractivity contribution in [3.8, 4) is 0 Å². The summed E-state index contributed by atoms with van der Waals surface area (Å²) >= 11 is 0. The lowest BCUT2D eigenvalue weighted by atomic mass is 10.0. The van der Waals surface area contributed by atoms with Crippen molar-refractivity contribution in [1.29, 1.82) is 0 Å². The molecule has 1 aromatic carbocycles. The van der Waals surface area contributed by atoms with Crippen LogP contribution < -0.4 is 5.73 Å². The molecule has 3 heteroatoms. The van der Waals surface area contributed by atoms with Crippen LogP contribution in [0.4, 0.5) is 0 Å². The lowest BCUT2D eigenvalue weighted by molar-refractivity contribution is 0.468. The minimum atomic E-state index is 0.719. The summed E-state index contributed by atoms with van der Waals surface area (Å²) in [6.07, 6.45) is 6.12. The molecule has 0 saturated heterocycles. The van der Waals surface area contributed by atoms with Gasteiger partial charge in [0.25, 0.3) is 0 Å². The zero-order chi connectivity index (χ0) is 18.1. The molecule has 128 valence electrons. The third kappa shape index (κ3) is 3.18. The highest BCUT2D eigenvalue weighted by atomic mass is 15.1. The van der Waals surface area contributed by atoms with Crippen LogP contribution in [0.2, 0.25) is 0 Å². The van der Waals surface area contributed by atoms with Gasteiger partial charge in [0.05, 0.1) is 0 Å². The van der Waals surface area contributed by atoms with Gasteiger partial charge in [0.1, 0.15) is 0 Å². The van der Waals surface area contributed by atoms with Gasteiger partial charge in [-0.25, -0.2) is 0 Å². The summed E-state index contributed by atoms with van der Waals surface area (Å²) < 4.78 is 0. The molecule has 2 heterocycles. The predicted octanol–water partition coefficient (Wildman–Crippen LogP) is 4.83. The zero-order valence-corrected chi connectivity index (χ0v) is 15.2. The largest absolute Gasteiger partial charge is 0.402 e. The first-order chi connectivity index (χ1) is 11.9. The molecule has 2 aromatic rings. The van der Waals surface area contributed by atoms with Crippen LogP contribution in [0.3, 0.4) is 0 Å². The summed E-state index contributed by atoms with van der Waals surface area (Å²) in [6, 6.07) is 8.64. The van der Waals surface area contributed by atoms with Gasteiger partial charge in [0.2, 0.25) is 0 Å². The lowest BCUT2D eigenvalue weighted by Crippen LogP contribution is -2.20. The number of fused-ring (bicyclic) bond motifs is 1. The van der Waals surface area contributed by atoms with E-state index in [4.69, 9.17) is 5.73 Å². The van der Waals surface area contributed by atoms with Gasteiger partial charge in [-0.05, 0) is 48.8 Å². The van der Waals surface area contributed by atoms with Crippen LogP contribution in [0.1, 0.15) is 25.1 Å². The van der Waals surface area contributed by atoms with Crippen LogP contribution in [0, 0.1) is 0 Å². The molecule has 1 aromatic heterocycles. The first-order valence-electron chi connectivity index (χ1n) is 8.41. The first kappa shape index (κ1) is 16.9. The van der Waals surface area contributed by atoms with E-state index in [9.17, 15) is 0 Å². The molecule has 0 fully saturated rings. The van der Waals surface area contributed by atoms with Gasteiger partial charge in [-0.3, -0.25) is 0 Å². The van der Waals surface area contributed by atoms with Gasteiger partial charge < -0.3 is 15.6 Å². The number of rotatable bonds is 4. The van der Waals surface area contributed by atoms with E-state index in [-0.39, 0.29) is 0 Å². The molecular formula is C22H25N3. The molecule has 1 aliphatic heterocycles. The molecule has 3 N–H and O–H groups in total. The minimum Gasteiger partial charge on any atom is -0.402 e. The molecule has 0 aliphatic carbocycles. The Morgan fingerprint density at radius 1 is 1.28 bits per heavy atom. The molecule has 0 atom stereocenters. The summed E-state index contributed by atoms with van der Waals surface area (Å²) in [5.41, 5.74) is 14.3. The number of hydrogen-bond donors (Lipinski definition) is 2. The molecule has 0 amide bonds. The maximum Gasteiger partial charge on any atom is 0.0465 e. The Hall–Kier alpha value is -2.94. The zero-order valence-electron chi connectivity index (χ0n) is 15.2. The van der Waals surface area contributed by atoms with Crippen LogP contribution in [-0.2, 0) is 0 Å². The maximum absolute atomic E-state index is 5.94. The van der Waals surface area contributed by atoms with Crippen LogP contribution in [0.15, 0.2) is 72.6 Å². The van der Waals surface area contributed by atoms with Crippen molar-refractivity contribution in [2.75, 3.05) is 13.6 Å². The monoisotopic (exact) mass is 331 g/mol. The number of likely N-dealkylation sites (N-methyl/N-ethyl adjacent to an activating group) is 1. The quantitative estimate of drug-likeness (QED) is 0.788. The Balaban J connectivity index is 1.99. The second-order valence-electron chi connectivity index (χ2n) is 6.62. The van der Waals surface area contributed by atoms with E-state index < -0.39 is 0 Å². The van der Waals surface area contributed by atoms with E-state index in [0.29, 0.717) is 0 Å². The number of allylic oxidation sites excluding steroid dienone is 7. The fourth-order valence-electron chi connectivity index (χ4n) is 3.13. The Bertz CT molecular complexity index is 947. The summed E-state index contributed by atoms with van der Waals surface area (Å²) in [6.45, 7) is 12.9. The summed E-state index contributed by atoms with van der Waals surface area (Å²) in [7, 11) is 2.12. The normalized spacial score (nSPS) is 15.6. The van der Waals surface area contributed by atoms with Crippen molar-refractivity contribution < 1.29 is 0 Å². The van der Waals surface area contributed by atoms with E-state index in [1.54, 1.807) is 6.08 Å². The molecule has 0 bridgehead atoms. The molecule has 3 rings (SSSR count). The van der Waals surface area contributed by atoms with Crippen LogP contribution >= 0.6 is 0 Å². The highest BCUT2D eigenvalue weighted by Gasteiger charge is 2.12. The van der Waals surface area contributed by atoms with Crippen LogP contribution in [0.25, 0.3) is 22.0 Å². The average molecular weight is 331 g/mol. The number of aromatic amines is 1. The van der Waals surface area contributed by atoms with E-state index in [2.05, 4.69) is 73.4 Å². The van der Waals surface area contributed by atoms with Crippen molar-refractivity contribution >= 4 is 22.0 Å². The SMILES string of the molecule is C=C/C(C(=C)c1cc2ccc(C3=CC=C(C)N(C)C3)cc2[nH]1)=C(\C)N. The first-order valence-corrected chi connectivity index (χ1v) is 8.41. The van der Waals surface area contributed by atoms with Crippen molar-refractivity contribution in [3.63, 3.8) is 0 Å². The Labute approximate surface area is 149 Å². The Kier molecular flexibility index (Phi) is 4.41. The summed E-state index contributed by atoms with van der Waals surface area (Å²) in [5, 5.41) is 1.16. The fourth-order valence-corrected chi connectivity index (χ4v) is 3.13. The molecule has 1 aliphatic rings. The summed E-state index contributed by atoms with van der Waals surface area (Å²) in [5.74, 6) is 0. The highest BCUT2D eigenvalue weighted by molar-refractivity contribution is 5.91. The van der Waals surface area contributed by atoms with Gasteiger partial charge in [-0.2, -0.15) is 0 Å². The van der Waals surface area contributed by atoms with Gasteiger partial charge in [-0.1, -0.05) is 37.4 Å². The second kappa shape index (κ2) is 6.52. The number of nitrogens with one attached hydrogen (secondary N) is 1. The van der Waals surface area contributed by atoms with Gasteiger partial charge >= 0.3 is 0 Å². The van der Waals surface area contributed by atoms with Crippen LogP contribution in [0.5, 0.6) is 0 Å². The van der Waals surface area contributed by atoms with Crippen molar-refractivity contribution in [3.05, 3.63) is 83.9 Å². The van der Waals surface area contributed by atoms with E-state index in [1.165, 1.54) is 16.8 Å². The van der Waals surface area contributed by atoms with Crippen LogP contribution in [-0.4, -0.2) is 23.5 Å². The van der Waals surface area contributed by atoms with Crippen molar-refractivity contribution in [2.45, 2.75) is 13.8 Å². The molecule has 25 heavy (non-hydrogen) atoms. The number of hydrogen-bond acceptors (Lipinski definition) is 2. The predicted molar refractivity (Wildman–Crippen MR) is 109 cm³/mol. The third-order valence-electron chi connectivity index (χ3n) is 4.81. The number of H-pyrrole nitrogens is 1. The lowest BCUT2D eigenvalue weighted by Gasteiger charge is -2.25. The topological polar surface area (TPSA) is 45.0 Å². The maximum atomic E-state index is 5.94. The smallest absolute Gasteiger partial charge is 0.0465 e. The molecule has 0 saturated carbocycles. The minimum absolute atomic E-state index is 0.719. The standard InChI is InChI=1S/C22H25N3/c1-6-20(16(4)23)15(3)21-12-18-10-9-17(11-22(18)24-21)19-8-7-14(2)25(5)13-19/h6-12,24H,1,3,13,23H2,2,4-5H3/b20-16-. The molecule has 0 radical (unpaired) electrons. The Morgan fingerprint density at radius 3 is 2.68 bits per heavy atom. The van der Waals surface area contributed by atoms with Gasteiger partial charge in [0.15, 0.2) is 0 Å². The number of benzene rings is 1. The molecular weight excluding hydrogens is 306 g/mol. The Morgan fingerprint density at radius 2 is 2.04 bits per heavy atom. The van der Waals surface area contributed by atoms with E-state index in [1.807, 2.05) is 6.92 Å². The third-order valence-corrected chi connectivity index (χ3v) is 4.81. The summed E-state index contributed by atoms with van der Waals surface area (Å²) in [4.78, 5) is 5.73. The molecule has 3 nitrogen and oxygen atoms in total. The average Bonchev–Trinajstić information content (AvgIpc) is 3.00. The number of nitrogens with two attached hydrogens (primary N) is 1. The fraction of sp³-hybridized carbons (Fsp3) is 0.182. The number of aromatic nitrogens is 1. The molecule has 0 unspecified atom stereocenters. The van der Waals surface area contributed by atoms with Crippen molar-refractivity contribution in [2.24, 2.45) is 5.73 Å². The molecule has 0 spiro atoms. The van der Waals surface area contributed by atoms with Gasteiger partial charge in [0, 0.05) is 47.2 Å². The van der Waals surface area contributed by atoms with Gasteiger partial charge in [-0.15, -0.1) is 0 Å². The second-order valence-corrected chi connectivity index (χ2v) is 6.62. The van der Waals surface area contributed by atoms with E-state index in [0.717, 1.165) is 40.0 Å². The number of nitrogens with zero attached hydrogens (tertiary/aromatic N) is 1. The highest BCUT2D eigenvalue weighted by Crippen LogP contribution is 2.29. The van der Waals surface area contributed by atoms with Crippen molar-refractivity contribution in [1.82, 2.24) is 9.88 Å². The van der Waals surface area contributed by atoms with E-state index >= 15 is 0 Å².